The summed E-state index contributed by atoms with van der Waals surface area (Å²) in [5.74, 6) is -1.91. The first-order chi connectivity index (χ1) is 16.2. The van der Waals surface area contributed by atoms with Crippen LogP contribution in [0.5, 0.6) is 0 Å². The molecule has 0 spiro atoms. The molecule has 180 valence electrons. The van der Waals surface area contributed by atoms with E-state index >= 15 is 0 Å². The molecule has 34 heavy (non-hydrogen) atoms. The summed E-state index contributed by atoms with van der Waals surface area (Å²) >= 11 is 12.2. The molecule has 2 atom stereocenters. The second kappa shape index (κ2) is 11.3. The van der Waals surface area contributed by atoms with Crippen LogP contribution in [-0.2, 0) is 30.3 Å². The number of rotatable bonds is 7. The van der Waals surface area contributed by atoms with Crippen LogP contribution in [0.1, 0.15) is 22.8 Å². The normalized spacial score (nSPS) is 16.0. The van der Waals surface area contributed by atoms with Gasteiger partial charge in [-0.3, -0.25) is 14.4 Å². The highest BCUT2D eigenvalue weighted by atomic mass is 35.5. The number of nitrogens with one attached hydrogen (secondary N) is 2. The van der Waals surface area contributed by atoms with Crippen LogP contribution in [0.3, 0.4) is 0 Å². The summed E-state index contributed by atoms with van der Waals surface area (Å²) in [5.41, 5.74) is 1.36. The molecule has 3 rings (SSSR count). The Balaban J connectivity index is 1.67. The lowest BCUT2D eigenvalue weighted by Gasteiger charge is -2.23. The molecule has 1 heterocycles. The Labute approximate surface area is 206 Å². The van der Waals surface area contributed by atoms with Gasteiger partial charge in [-0.05, 0) is 29.8 Å². The fraction of sp³-hybridized carbons (Fsp3) is 0.304. The van der Waals surface area contributed by atoms with Crippen molar-refractivity contribution in [2.45, 2.75) is 25.4 Å². The summed E-state index contributed by atoms with van der Waals surface area (Å²) in [4.78, 5) is 50.5. The van der Waals surface area contributed by atoms with Crippen LogP contribution in [0.25, 0.3) is 0 Å². The van der Waals surface area contributed by atoms with Crippen molar-refractivity contribution in [3.63, 3.8) is 0 Å². The van der Waals surface area contributed by atoms with Crippen molar-refractivity contribution in [3.05, 3.63) is 63.6 Å². The zero-order chi connectivity index (χ0) is 24.8. The Bertz CT molecular complexity index is 1070. The average Bonchev–Trinajstić information content (AvgIpc) is 3.30. The number of esters is 1. The molecule has 0 radical (unpaired) electrons. The van der Waals surface area contributed by atoms with Gasteiger partial charge in [-0.2, -0.15) is 0 Å². The van der Waals surface area contributed by atoms with Gasteiger partial charge in [0.05, 0.1) is 29.3 Å². The van der Waals surface area contributed by atoms with E-state index in [9.17, 15) is 19.2 Å². The Hall–Kier alpha value is -3.14. The lowest BCUT2D eigenvalue weighted by atomic mass is 10.0. The number of amides is 3. The maximum absolute atomic E-state index is 12.7. The number of hydrogen-bond acceptors (Lipinski definition) is 6. The first-order valence-electron chi connectivity index (χ1n) is 10.3. The first-order valence-corrected chi connectivity index (χ1v) is 11.0. The van der Waals surface area contributed by atoms with Crippen molar-refractivity contribution in [1.82, 2.24) is 10.2 Å². The Morgan fingerprint density at radius 1 is 1.12 bits per heavy atom. The van der Waals surface area contributed by atoms with Crippen LogP contribution in [0, 0.1) is 0 Å². The predicted molar refractivity (Wildman–Crippen MR) is 126 cm³/mol. The quantitative estimate of drug-likeness (QED) is 0.556. The number of carbonyl (C=O) groups excluding carboxylic acids is 4. The molecule has 1 aliphatic rings. The van der Waals surface area contributed by atoms with Crippen molar-refractivity contribution < 1.29 is 28.7 Å². The molecule has 9 nitrogen and oxygen atoms in total. The summed E-state index contributed by atoms with van der Waals surface area (Å²) in [7, 11) is 1.22. The third kappa shape index (κ3) is 6.05. The molecule has 0 aromatic heterocycles. The van der Waals surface area contributed by atoms with E-state index in [2.05, 4.69) is 10.6 Å². The van der Waals surface area contributed by atoms with E-state index in [-0.39, 0.29) is 41.3 Å². The highest BCUT2D eigenvalue weighted by Crippen LogP contribution is 2.25. The van der Waals surface area contributed by atoms with Gasteiger partial charge in [-0.25, -0.2) is 4.79 Å². The lowest BCUT2D eigenvalue weighted by molar-refractivity contribution is -0.146. The smallest absolute Gasteiger partial charge is 0.328 e. The van der Waals surface area contributed by atoms with Crippen molar-refractivity contribution in [2.75, 3.05) is 25.8 Å². The standard InChI is InChI=1S/C23H23Cl2N3O6/c1-13(29)28-12-34-11-19(28)21(30)27-18(23(32)33-2)10-14-6-8-15(9-7-14)26-22(31)20-16(24)4-3-5-17(20)25/h3-9,18-19H,10-12H2,1-2H3,(H,26,31)(H,27,30)/t18-,19+/m0/s1. The van der Waals surface area contributed by atoms with Gasteiger partial charge >= 0.3 is 5.97 Å². The van der Waals surface area contributed by atoms with E-state index in [1.54, 1.807) is 42.5 Å². The van der Waals surface area contributed by atoms with Gasteiger partial charge in [0.15, 0.2) is 0 Å². The van der Waals surface area contributed by atoms with Gasteiger partial charge in [0.1, 0.15) is 18.8 Å². The van der Waals surface area contributed by atoms with Crippen LogP contribution < -0.4 is 10.6 Å². The lowest BCUT2D eigenvalue weighted by Crippen LogP contribution is -2.52. The molecule has 0 unspecified atom stereocenters. The summed E-state index contributed by atoms with van der Waals surface area (Å²) < 4.78 is 10.0. The molecular formula is C23H23Cl2N3O6. The number of halogens is 2. The zero-order valence-corrected chi connectivity index (χ0v) is 20.0. The van der Waals surface area contributed by atoms with Gasteiger partial charge in [0.25, 0.3) is 5.91 Å². The fourth-order valence-electron chi connectivity index (χ4n) is 3.44. The highest BCUT2D eigenvalue weighted by molar-refractivity contribution is 6.40. The monoisotopic (exact) mass is 507 g/mol. The second-order valence-electron chi connectivity index (χ2n) is 7.54. The molecular weight excluding hydrogens is 485 g/mol. The molecule has 2 aromatic carbocycles. The molecule has 3 amide bonds. The minimum Gasteiger partial charge on any atom is -0.467 e. The first kappa shape index (κ1) is 25.5. The minimum atomic E-state index is -0.978. The van der Waals surface area contributed by atoms with Gasteiger partial charge in [-0.1, -0.05) is 41.4 Å². The SMILES string of the molecule is COC(=O)[C@H](Cc1ccc(NC(=O)c2c(Cl)cccc2Cl)cc1)NC(=O)[C@H]1COCN1C(C)=O. The average molecular weight is 508 g/mol. The maximum Gasteiger partial charge on any atom is 0.328 e. The number of methoxy groups -OCH3 is 1. The number of benzene rings is 2. The Morgan fingerprint density at radius 3 is 2.35 bits per heavy atom. The summed E-state index contributed by atoms with van der Waals surface area (Å²) in [6.45, 7) is 1.40. The fourth-order valence-corrected chi connectivity index (χ4v) is 4.01. The third-order valence-corrected chi connectivity index (χ3v) is 5.86. The predicted octanol–water partition coefficient (Wildman–Crippen LogP) is 2.65. The van der Waals surface area contributed by atoms with E-state index < -0.39 is 29.9 Å². The molecule has 1 aliphatic heterocycles. The number of anilines is 1. The molecule has 0 saturated carbocycles. The van der Waals surface area contributed by atoms with Crippen molar-refractivity contribution in [3.8, 4) is 0 Å². The number of carbonyl (C=O) groups is 4. The molecule has 1 saturated heterocycles. The van der Waals surface area contributed by atoms with E-state index in [1.807, 2.05) is 0 Å². The van der Waals surface area contributed by atoms with E-state index in [0.717, 1.165) is 0 Å². The molecule has 1 fully saturated rings. The van der Waals surface area contributed by atoms with Crippen LogP contribution in [0.4, 0.5) is 5.69 Å². The van der Waals surface area contributed by atoms with Gasteiger partial charge in [-0.15, -0.1) is 0 Å². The van der Waals surface area contributed by atoms with Gasteiger partial charge in [0, 0.05) is 19.0 Å². The van der Waals surface area contributed by atoms with Crippen molar-refractivity contribution >= 4 is 52.6 Å². The van der Waals surface area contributed by atoms with Crippen LogP contribution in [0.2, 0.25) is 10.0 Å². The highest BCUT2D eigenvalue weighted by Gasteiger charge is 2.35. The summed E-state index contributed by atoms with van der Waals surface area (Å²) in [6.07, 6.45) is 0.136. The van der Waals surface area contributed by atoms with Gasteiger partial charge < -0.3 is 25.0 Å². The van der Waals surface area contributed by atoms with Crippen LogP contribution in [-0.4, -0.2) is 61.1 Å². The topological polar surface area (TPSA) is 114 Å². The number of nitrogens with zero attached hydrogens (tertiary/aromatic N) is 1. The van der Waals surface area contributed by atoms with E-state index in [0.29, 0.717) is 11.3 Å². The van der Waals surface area contributed by atoms with Crippen LogP contribution in [0.15, 0.2) is 42.5 Å². The second-order valence-corrected chi connectivity index (χ2v) is 8.36. The van der Waals surface area contributed by atoms with Crippen molar-refractivity contribution in [2.24, 2.45) is 0 Å². The largest absolute Gasteiger partial charge is 0.467 e. The molecule has 11 heteroatoms. The molecule has 0 aliphatic carbocycles. The van der Waals surface area contributed by atoms with E-state index in [4.69, 9.17) is 32.7 Å². The van der Waals surface area contributed by atoms with Crippen molar-refractivity contribution in [1.29, 1.82) is 0 Å². The number of ether oxygens (including phenoxy) is 2. The maximum atomic E-state index is 12.7. The number of hydrogen-bond donors (Lipinski definition) is 2. The minimum absolute atomic E-state index is 0.0168. The van der Waals surface area contributed by atoms with Crippen LogP contribution >= 0.6 is 23.2 Å². The summed E-state index contributed by atoms with van der Waals surface area (Å²) in [5, 5.41) is 5.82. The Morgan fingerprint density at radius 2 is 1.76 bits per heavy atom. The summed E-state index contributed by atoms with van der Waals surface area (Å²) in [6, 6.07) is 9.68. The molecule has 2 aromatic rings. The van der Waals surface area contributed by atoms with Gasteiger partial charge in [0.2, 0.25) is 11.8 Å². The molecule has 0 bridgehead atoms. The molecule has 2 N–H and O–H groups in total. The zero-order valence-electron chi connectivity index (χ0n) is 18.5. The third-order valence-electron chi connectivity index (χ3n) is 5.23. The Kier molecular flexibility index (Phi) is 8.49. The van der Waals surface area contributed by atoms with E-state index in [1.165, 1.54) is 18.9 Å².